The van der Waals surface area contributed by atoms with E-state index in [9.17, 15) is 14.0 Å². The van der Waals surface area contributed by atoms with Gasteiger partial charge in [-0.3, -0.25) is 9.59 Å². The van der Waals surface area contributed by atoms with Crippen molar-refractivity contribution in [2.75, 3.05) is 11.4 Å². The first-order chi connectivity index (χ1) is 8.18. The molecule has 5 nitrogen and oxygen atoms in total. The maximum absolute atomic E-state index is 12.8. The van der Waals surface area contributed by atoms with Crippen LogP contribution >= 0.6 is 0 Å². The Balaban J connectivity index is 1.99. The minimum atomic E-state index is -0.687. The van der Waals surface area contributed by atoms with Gasteiger partial charge in [-0.05, 0) is 24.3 Å². The summed E-state index contributed by atoms with van der Waals surface area (Å²) in [6.07, 6.45) is 0. The molecule has 1 aromatic rings. The van der Waals surface area contributed by atoms with Crippen molar-refractivity contribution in [3.63, 3.8) is 0 Å². The van der Waals surface area contributed by atoms with Crippen LogP contribution in [0.2, 0.25) is 0 Å². The lowest BCUT2D eigenvalue weighted by Crippen LogP contribution is -2.31. The second-order valence-corrected chi connectivity index (χ2v) is 3.98. The lowest BCUT2D eigenvalue weighted by molar-refractivity contribution is -0.122. The Morgan fingerprint density at radius 1 is 1.18 bits per heavy atom. The summed E-state index contributed by atoms with van der Waals surface area (Å²) in [6.45, 7) is 0.257. The molecule has 0 radical (unpaired) electrons. The normalized spacial score (nSPS) is 26.8. The number of nitrogens with zero attached hydrogens (tertiary/aromatic N) is 3. The summed E-state index contributed by atoms with van der Waals surface area (Å²) >= 11 is 0. The molecular weight excluding hydrogens is 225 g/mol. The molecule has 0 bridgehead atoms. The molecule has 17 heavy (non-hydrogen) atoms. The summed E-state index contributed by atoms with van der Waals surface area (Å²) in [5, 5.41) is 7.47. The van der Waals surface area contributed by atoms with E-state index in [1.807, 2.05) is 0 Å². The van der Waals surface area contributed by atoms with Gasteiger partial charge < -0.3 is 0 Å². The largest absolute Gasteiger partial charge is 0.274 e. The summed E-state index contributed by atoms with van der Waals surface area (Å²) in [4.78, 5) is 25.0. The smallest absolute Gasteiger partial charge is 0.261 e. The second-order valence-electron chi connectivity index (χ2n) is 3.98. The van der Waals surface area contributed by atoms with E-state index in [4.69, 9.17) is 0 Å². The molecule has 1 aromatic carbocycles. The molecule has 0 spiro atoms. The topological polar surface area (TPSA) is 62.1 Å². The van der Waals surface area contributed by atoms with Gasteiger partial charge in [0.15, 0.2) is 6.04 Å². The van der Waals surface area contributed by atoms with Crippen molar-refractivity contribution in [2.24, 2.45) is 16.1 Å². The van der Waals surface area contributed by atoms with E-state index in [0.29, 0.717) is 5.69 Å². The third-order valence-electron chi connectivity index (χ3n) is 2.96. The molecule has 2 aliphatic heterocycles. The lowest BCUT2D eigenvalue weighted by atomic mass is 10.1. The molecule has 1 fully saturated rings. The standard InChI is InChI=1S/C11H8FN3O2/c12-6-1-3-7(4-2-6)15-10(16)8-5-13-14-9(8)11(15)17/h1-4,8-9H,5H2/t8-,9+/m0/s1. The maximum atomic E-state index is 12.8. The van der Waals surface area contributed by atoms with Crippen LogP contribution in [0, 0.1) is 11.7 Å². The van der Waals surface area contributed by atoms with Gasteiger partial charge in [-0.2, -0.15) is 10.2 Å². The number of hydrogen-bond acceptors (Lipinski definition) is 4. The fourth-order valence-electron chi connectivity index (χ4n) is 2.09. The minimum Gasteiger partial charge on any atom is -0.274 e. The predicted octanol–water partition coefficient (Wildman–Crippen LogP) is 1.15. The van der Waals surface area contributed by atoms with Crippen LogP contribution in [0.15, 0.2) is 34.5 Å². The summed E-state index contributed by atoms with van der Waals surface area (Å²) in [5.41, 5.74) is 0.381. The molecule has 0 aromatic heterocycles. The van der Waals surface area contributed by atoms with Crippen LogP contribution in [0.4, 0.5) is 10.1 Å². The molecule has 2 aliphatic rings. The highest BCUT2D eigenvalue weighted by atomic mass is 19.1. The number of hydrogen-bond donors (Lipinski definition) is 0. The van der Waals surface area contributed by atoms with Crippen LogP contribution in [0.25, 0.3) is 0 Å². The Morgan fingerprint density at radius 3 is 2.53 bits per heavy atom. The number of anilines is 1. The van der Waals surface area contributed by atoms with E-state index in [-0.39, 0.29) is 18.4 Å². The Hall–Kier alpha value is -2.11. The first kappa shape index (κ1) is 10.1. The number of carbonyl (C=O) groups excluding carboxylic acids is 2. The number of imide groups is 1. The SMILES string of the molecule is O=C1[C@H]2CN=N[C@H]2C(=O)N1c1ccc(F)cc1. The highest BCUT2D eigenvalue weighted by Gasteiger charge is 2.50. The molecule has 0 aliphatic carbocycles. The molecule has 2 heterocycles. The van der Waals surface area contributed by atoms with Crippen molar-refractivity contribution < 1.29 is 14.0 Å². The third kappa shape index (κ3) is 1.37. The fourth-order valence-corrected chi connectivity index (χ4v) is 2.09. The van der Waals surface area contributed by atoms with Crippen molar-refractivity contribution >= 4 is 17.5 Å². The molecule has 3 rings (SSSR count). The van der Waals surface area contributed by atoms with Crippen LogP contribution in [0.3, 0.4) is 0 Å². The zero-order valence-electron chi connectivity index (χ0n) is 8.71. The number of azo groups is 1. The zero-order valence-corrected chi connectivity index (χ0v) is 8.71. The van der Waals surface area contributed by atoms with Gasteiger partial charge in [0.1, 0.15) is 5.82 Å². The monoisotopic (exact) mass is 233 g/mol. The van der Waals surface area contributed by atoms with Gasteiger partial charge in [-0.25, -0.2) is 9.29 Å². The number of benzene rings is 1. The van der Waals surface area contributed by atoms with Crippen LogP contribution in [-0.2, 0) is 9.59 Å². The zero-order chi connectivity index (χ0) is 12.0. The number of fused-ring (bicyclic) bond motifs is 1. The van der Waals surface area contributed by atoms with Crippen LogP contribution in [0.5, 0.6) is 0 Å². The van der Waals surface area contributed by atoms with Crippen molar-refractivity contribution in [1.29, 1.82) is 0 Å². The summed E-state index contributed by atoms with van der Waals surface area (Å²) < 4.78 is 12.8. The first-order valence-corrected chi connectivity index (χ1v) is 5.18. The van der Waals surface area contributed by atoms with Crippen molar-refractivity contribution in [1.82, 2.24) is 0 Å². The van der Waals surface area contributed by atoms with E-state index in [1.165, 1.54) is 24.3 Å². The van der Waals surface area contributed by atoms with Crippen molar-refractivity contribution in [3.8, 4) is 0 Å². The van der Waals surface area contributed by atoms with E-state index in [1.54, 1.807) is 0 Å². The summed E-state index contributed by atoms with van der Waals surface area (Å²) in [6, 6.07) is 4.55. The van der Waals surface area contributed by atoms with E-state index in [0.717, 1.165) is 4.90 Å². The van der Waals surface area contributed by atoms with Crippen molar-refractivity contribution in [2.45, 2.75) is 6.04 Å². The Morgan fingerprint density at radius 2 is 1.88 bits per heavy atom. The molecule has 6 heteroatoms. The van der Waals surface area contributed by atoms with Gasteiger partial charge in [0, 0.05) is 0 Å². The number of carbonyl (C=O) groups is 2. The van der Waals surface area contributed by atoms with Crippen molar-refractivity contribution in [3.05, 3.63) is 30.1 Å². The van der Waals surface area contributed by atoms with Crippen LogP contribution in [-0.4, -0.2) is 24.4 Å². The lowest BCUT2D eigenvalue weighted by Gasteiger charge is -2.14. The number of halogens is 1. The second kappa shape index (κ2) is 3.44. The fraction of sp³-hybridized carbons (Fsp3) is 0.273. The third-order valence-corrected chi connectivity index (χ3v) is 2.96. The van der Waals surface area contributed by atoms with Gasteiger partial charge in [-0.1, -0.05) is 0 Å². The highest BCUT2D eigenvalue weighted by Crippen LogP contribution is 2.32. The van der Waals surface area contributed by atoms with Gasteiger partial charge in [-0.15, -0.1) is 0 Å². The quantitative estimate of drug-likeness (QED) is 0.683. The van der Waals surface area contributed by atoms with Gasteiger partial charge in [0.25, 0.3) is 5.91 Å². The Labute approximate surface area is 95.9 Å². The number of rotatable bonds is 1. The van der Waals surface area contributed by atoms with Gasteiger partial charge in [0.2, 0.25) is 5.91 Å². The summed E-state index contributed by atoms with van der Waals surface area (Å²) in [5.74, 6) is -1.58. The highest BCUT2D eigenvalue weighted by molar-refractivity contribution is 6.23. The molecular formula is C11H8FN3O2. The maximum Gasteiger partial charge on any atom is 0.261 e. The van der Waals surface area contributed by atoms with Gasteiger partial charge in [0.05, 0.1) is 18.2 Å². The molecule has 0 saturated carbocycles. The number of amides is 2. The molecule has 2 amide bonds. The summed E-state index contributed by atoms with van der Waals surface area (Å²) in [7, 11) is 0. The molecule has 2 atom stereocenters. The van der Waals surface area contributed by atoms with E-state index >= 15 is 0 Å². The van der Waals surface area contributed by atoms with E-state index < -0.39 is 17.8 Å². The Kier molecular flexibility index (Phi) is 2.04. The van der Waals surface area contributed by atoms with Gasteiger partial charge >= 0.3 is 0 Å². The average molecular weight is 233 g/mol. The predicted molar refractivity (Wildman–Crippen MR) is 55.9 cm³/mol. The molecule has 0 unspecified atom stereocenters. The molecule has 86 valence electrons. The first-order valence-electron chi connectivity index (χ1n) is 5.18. The van der Waals surface area contributed by atoms with Crippen LogP contribution < -0.4 is 4.90 Å². The minimum absolute atomic E-state index is 0.257. The Bertz CT molecular complexity index is 526. The van der Waals surface area contributed by atoms with Crippen LogP contribution in [0.1, 0.15) is 0 Å². The average Bonchev–Trinajstić information content (AvgIpc) is 2.87. The molecule has 1 saturated heterocycles. The molecule has 0 N–H and O–H groups in total. The van der Waals surface area contributed by atoms with E-state index in [2.05, 4.69) is 10.2 Å².